The summed E-state index contributed by atoms with van der Waals surface area (Å²) in [6.07, 6.45) is 21.6. The topological polar surface area (TPSA) is 43.2 Å². The molecule has 2 aliphatic carbocycles. The second kappa shape index (κ2) is 16.2. The average molecular weight is 489 g/mol. The van der Waals surface area contributed by atoms with Crippen LogP contribution in [0.15, 0.2) is 9.98 Å². The van der Waals surface area contributed by atoms with E-state index in [2.05, 4.69) is 37.3 Å². The summed E-state index contributed by atoms with van der Waals surface area (Å²) in [4.78, 5) is 8.43. The molecule has 1 saturated heterocycles. The van der Waals surface area contributed by atoms with Gasteiger partial charge in [0.25, 0.3) is 0 Å². The summed E-state index contributed by atoms with van der Waals surface area (Å²) in [5, 5.41) is 0. The number of hydrogen-bond acceptors (Lipinski definition) is 4. The van der Waals surface area contributed by atoms with Crippen LogP contribution in [0.1, 0.15) is 117 Å². The van der Waals surface area contributed by atoms with Crippen molar-refractivity contribution in [2.75, 3.05) is 19.7 Å². The largest absolute Gasteiger partial charge is 0.375 e. The lowest BCUT2D eigenvalue weighted by molar-refractivity contribution is -0.117. The van der Waals surface area contributed by atoms with E-state index in [-0.39, 0.29) is 12.2 Å². The first kappa shape index (κ1) is 28.8. The molecule has 0 radical (unpaired) electrons. The summed E-state index contributed by atoms with van der Waals surface area (Å²) in [5.74, 6) is 3.63. The predicted molar refractivity (Wildman–Crippen MR) is 150 cm³/mol. The van der Waals surface area contributed by atoms with Gasteiger partial charge >= 0.3 is 0 Å². The monoisotopic (exact) mass is 488 g/mol. The first-order chi connectivity index (χ1) is 17.2. The fourth-order valence-corrected chi connectivity index (χ4v) is 7.68. The highest BCUT2D eigenvalue weighted by Crippen LogP contribution is 2.43. The lowest BCUT2D eigenvalue weighted by Crippen LogP contribution is -2.40. The predicted octanol–water partition coefficient (Wildman–Crippen LogP) is 7.93. The highest BCUT2D eigenvalue weighted by Gasteiger charge is 2.43. The Kier molecular flexibility index (Phi) is 13.3. The lowest BCUT2D eigenvalue weighted by Gasteiger charge is -2.37. The van der Waals surface area contributed by atoms with Crippen molar-refractivity contribution in [3.8, 4) is 0 Å². The zero-order valence-corrected chi connectivity index (χ0v) is 23.2. The van der Waals surface area contributed by atoms with Crippen molar-refractivity contribution in [3.63, 3.8) is 0 Å². The van der Waals surface area contributed by atoms with Crippen molar-refractivity contribution >= 4 is 13.4 Å². The van der Waals surface area contributed by atoms with E-state index < -0.39 is 0 Å². The molecule has 0 bridgehead atoms. The van der Waals surface area contributed by atoms with E-state index in [1.807, 2.05) is 0 Å². The van der Waals surface area contributed by atoms with Gasteiger partial charge < -0.3 is 19.5 Å². The molecule has 3 aliphatic rings. The summed E-state index contributed by atoms with van der Waals surface area (Å²) in [6, 6.07) is 0. The van der Waals surface area contributed by atoms with Crippen LogP contribution in [0.2, 0.25) is 0 Å². The number of ether oxygens (including phenoxy) is 2. The smallest absolute Gasteiger partial charge is 0.0868 e. The summed E-state index contributed by atoms with van der Waals surface area (Å²) in [6.45, 7) is 14.8. The van der Waals surface area contributed by atoms with E-state index in [9.17, 15) is 0 Å². The lowest BCUT2D eigenvalue weighted by atomic mass is 9.71. The Balaban J connectivity index is 1.68. The van der Waals surface area contributed by atoms with Crippen LogP contribution in [0.5, 0.6) is 0 Å². The summed E-state index contributed by atoms with van der Waals surface area (Å²) in [7, 11) is 0. The third kappa shape index (κ3) is 8.66. The Labute approximate surface area is 217 Å². The van der Waals surface area contributed by atoms with Crippen molar-refractivity contribution in [1.29, 1.82) is 0 Å². The van der Waals surface area contributed by atoms with Crippen LogP contribution in [-0.2, 0) is 9.47 Å². The number of hydrogen-bond donors (Lipinski definition) is 0. The van der Waals surface area contributed by atoms with Crippen LogP contribution in [0, 0.1) is 29.6 Å². The van der Waals surface area contributed by atoms with E-state index in [1.165, 1.54) is 89.9 Å². The van der Waals surface area contributed by atoms with Crippen LogP contribution in [-0.4, -0.2) is 51.4 Å². The van der Waals surface area contributed by atoms with Gasteiger partial charge in [-0.05, 0) is 88.0 Å². The van der Waals surface area contributed by atoms with Crippen LogP contribution in [0.3, 0.4) is 0 Å². The van der Waals surface area contributed by atoms with Crippen molar-refractivity contribution in [3.05, 3.63) is 0 Å². The Morgan fingerprint density at radius 2 is 1.46 bits per heavy atom. The summed E-state index contributed by atoms with van der Waals surface area (Å²) < 4.78 is 13.7. The highest BCUT2D eigenvalue weighted by atomic mass is 16.5. The number of rotatable bonds is 16. The van der Waals surface area contributed by atoms with E-state index in [0.29, 0.717) is 23.9 Å². The zero-order valence-electron chi connectivity index (χ0n) is 23.2. The molecule has 1 aliphatic heterocycles. The maximum absolute atomic E-state index is 7.00. The molecule has 1 heterocycles. The van der Waals surface area contributed by atoms with Gasteiger partial charge in [-0.2, -0.15) is 0 Å². The van der Waals surface area contributed by atoms with E-state index >= 15 is 0 Å². The molecule has 3 fully saturated rings. The molecule has 202 valence electrons. The molecule has 3 rings (SSSR count). The van der Waals surface area contributed by atoms with E-state index in [4.69, 9.17) is 9.47 Å². The Hall–Kier alpha value is -0.740. The molecule has 0 amide bonds. The van der Waals surface area contributed by atoms with Gasteiger partial charge in [0.2, 0.25) is 0 Å². The second-order valence-corrected chi connectivity index (χ2v) is 11.9. The maximum Gasteiger partial charge on any atom is 0.0868 e. The Morgan fingerprint density at radius 1 is 0.829 bits per heavy atom. The maximum atomic E-state index is 7.00. The van der Waals surface area contributed by atoms with Gasteiger partial charge in [-0.15, -0.1) is 0 Å². The fraction of sp³-hybridized carbons (Fsp3) is 0.935. The molecule has 6 atom stereocenters. The molecule has 0 aromatic rings. The molecule has 35 heavy (non-hydrogen) atoms. The molecular weight excluding hydrogens is 432 g/mol. The normalized spacial score (nSPS) is 29.0. The minimum absolute atomic E-state index is 0.205. The minimum atomic E-state index is 0.205. The van der Waals surface area contributed by atoms with Crippen LogP contribution in [0.25, 0.3) is 0 Å². The van der Waals surface area contributed by atoms with Gasteiger partial charge in [-0.3, -0.25) is 0 Å². The molecular formula is C31H56N2O2. The first-order valence-electron chi connectivity index (χ1n) is 15.3. The molecule has 0 N–H and O–H groups in total. The SMILES string of the molecule is C=NCCC(CC1COC(C(CC)OC(CCN=C)C2CCCCC2)C1CCC)C1CCCCC1. The molecule has 0 aromatic heterocycles. The molecule has 0 spiro atoms. The van der Waals surface area contributed by atoms with Gasteiger partial charge in [0.1, 0.15) is 0 Å². The van der Waals surface area contributed by atoms with Gasteiger partial charge in [0.05, 0.1) is 24.9 Å². The quantitative estimate of drug-likeness (QED) is 0.207. The van der Waals surface area contributed by atoms with E-state index in [0.717, 1.165) is 44.4 Å². The third-order valence-electron chi connectivity index (χ3n) is 9.60. The van der Waals surface area contributed by atoms with Crippen LogP contribution < -0.4 is 0 Å². The number of nitrogens with zero attached hydrogens (tertiary/aromatic N) is 2. The molecule has 6 unspecified atom stereocenters. The zero-order chi connectivity index (χ0) is 24.9. The standard InChI is InChI=1S/C31H56N2O2/c1-5-13-28-27(22-26(18-20-32-3)24-14-9-7-10-15-24)23-34-31(28)29(6-2)35-30(19-21-33-4)25-16-11-8-12-17-25/h24-31H,3-23H2,1-2H3. The third-order valence-corrected chi connectivity index (χ3v) is 9.60. The van der Waals surface area contributed by atoms with Gasteiger partial charge in [-0.25, -0.2) is 0 Å². The number of aliphatic imine (C=N–C) groups is 2. The molecule has 4 nitrogen and oxygen atoms in total. The van der Waals surface area contributed by atoms with Gasteiger partial charge in [-0.1, -0.05) is 71.6 Å². The summed E-state index contributed by atoms with van der Waals surface area (Å²) >= 11 is 0. The summed E-state index contributed by atoms with van der Waals surface area (Å²) in [5.41, 5.74) is 0. The van der Waals surface area contributed by atoms with Gasteiger partial charge in [0, 0.05) is 13.1 Å². The molecule has 0 aromatic carbocycles. The highest BCUT2D eigenvalue weighted by molar-refractivity contribution is 5.23. The first-order valence-corrected chi connectivity index (χ1v) is 15.3. The fourth-order valence-electron chi connectivity index (χ4n) is 7.68. The molecule has 4 heteroatoms. The Morgan fingerprint density at radius 3 is 2.06 bits per heavy atom. The van der Waals surface area contributed by atoms with Crippen LogP contribution in [0.4, 0.5) is 0 Å². The molecule has 2 saturated carbocycles. The van der Waals surface area contributed by atoms with Crippen molar-refractivity contribution in [2.24, 2.45) is 39.6 Å². The Bertz CT molecular complexity index is 585. The van der Waals surface area contributed by atoms with E-state index in [1.54, 1.807) is 0 Å². The van der Waals surface area contributed by atoms with Crippen molar-refractivity contribution < 1.29 is 9.47 Å². The average Bonchev–Trinajstić information content (AvgIpc) is 3.29. The van der Waals surface area contributed by atoms with Crippen LogP contribution >= 0.6 is 0 Å². The second-order valence-electron chi connectivity index (χ2n) is 11.9. The van der Waals surface area contributed by atoms with Gasteiger partial charge in [0.15, 0.2) is 0 Å². The minimum Gasteiger partial charge on any atom is -0.375 e. The van der Waals surface area contributed by atoms with Crippen molar-refractivity contribution in [2.45, 2.75) is 135 Å². The van der Waals surface area contributed by atoms with Crippen molar-refractivity contribution in [1.82, 2.24) is 0 Å².